The van der Waals surface area contributed by atoms with Gasteiger partial charge >= 0.3 is 5.97 Å². The van der Waals surface area contributed by atoms with E-state index in [9.17, 15) is 9.59 Å². The molecular formula is C12H7Cl2NO3S. The van der Waals surface area contributed by atoms with Gasteiger partial charge in [0.1, 0.15) is 4.88 Å². The molecule has 2 N–H and O–H groups in total. The Morgan fingerprint density at radius 2 is 1.89 bits per heavy atom. The summed E-state index contributed by atoms with van der Waals surface area (Å²) in [5.74, 6) is -1.47. The van der Waals surface area contributed by atoms with E-state index in [1.165, 1.54) is 18.2 Å². The second-order valence-corrected chi connectivity index (χ2v) is 5.39. The first-order valence-electron chi connectivity index (χ1n) is 5.07. The normalized spacial score (nSPS) is 10.2. The van der Waals surface area contributed by atoms with Crippen LogP contribution in [0.1, 0.15) is 20.0 Å². The van der Waals surface area contributed by atoms with Gasteiger partial charge < -0.3 is 10.4 Å². The van der Waals surface area contributed by atoms with Gasteiger partial charge in [0.25, 0.3) is 5.91 Å². The van der Waals surface area contributed by atoms with Crippen LogP contribution in [0.5, 0.6) is 0 Å². The molecule has 0 spiro atoms. The minimum Gasteiger partial charge on any atom is -0.477 e. The topological polar surface area (TPSA) is 66.4 Å². The molecule has 1 aromatic heterocycles. The van der Waals surface area contributed by atoms with Crippen LogP contribution in [0.2, 0.25) is 10.0 Å². The molecule has 0 saturated heterocycles. The van der Waals surface area contributed by atoms with Crippen LogP contribution in [0.25, 0.3) is 0 Å². The van der Waals surface area contributed by atoms with Gasteiger partial charge in [-0.25, -0.2) is 4.79 Å². The Kier molecular flexibility index (Phi) is 4.09. The van der Waals surface area contributed by atoms with E-state index >= 15 is 0 Å². The van der Waals surface area contributed by atoms with Crippen molar-refractivity contribution in [3.63, 3.8) is 0 Å². The van der Waals surface area contributed by atoms with Crippen molar-refractivity contribution in [3.05, 3.63) is 50.8 Å². The van der Waals surface area contributed by atoms with Gasteiger partial charge in [0.05, 0.1) is 20.6 Å². The predicted molar refractivity (Wildman–Crippen MR) is 75.7 cm³/mol. The van der Waals surface area contributed by atoms with Gasteiger partial charge in [-0.1, -0.05) is 29.3 Å². The zero-order valence-electron chi connectivity index (χ0n) is 9.31. The van der Waals surface area contributed by atoms with Gasteiger partial charge in [0.2, 0.25) is 0 Å². The van der Waals surface area contributed by atoms with Gasteiger partial charge in [0.15, 0.2) is 0 Å². The fourth-order valence-electron chi connectivity index (χ4n) is 1.38. The van der Waals surface area contributed by atoms with Crippen LogP contribution in [0.4, 0.5) is 5.00 Å². The maximum atomic E-state index is 12.0. The molecule has 1 heterocycles. The van der Waals surface area contributed by atoms with Crippen molar-refractivity contribution < 1.29 is 14.7 Å². The van der Waals surface area contributed by atoms with Crippen molar-refractivity contribution >= 4 is 51.4 Å². The quantitative estimate of drug-likeness (QED) is 0.899. The summed E-state index contributed by atoms with van der Waals surface area (Å²) in [5.41, 5.74) is 0.236. The lowest BCUT2D eigenvalue weighted by Gasteiger charge is -2.05. The zero-order valence-corrected chi connectivity index (χ0v) is 11.6. The number of benzene rings is 1. The molecule has 2 rings (SSSR count). The Hall–Kier alpha value is -1.56. The average molecular weight is 316 g/mol. The van der Waals surface area contributed by atoms with Crippen molar-refractivity contribution in [1.29, 1.82) is 0 Å². The number of nitrogens with one attached hydrogen (secondary N) is 1. The van der Waals surface area contributed by atoms with Crippen LogP contribution in [0.3, 0.4) is 0 Å². The number of rotatable bonds is 3. The Labute approximate surface area is 122 Å². The lowest BCUT2D eigenvalue weighted by molar-refractivity contribution is 0.0702. The Balaban J connectivity index is 2.21. The summed E-state index contributed by atoms with van der Waals surface area (Å²) < 4.78 is 0. The standard InChI is InChI=1S/C12H7Cl2NO3S/c13-7-3-1-2-6(10(7)14)11(16)15-9-5-4-8(19-9)12(17)18/h1-5H,(H,15,16)(H,17,18). The lowest BCUT2D eigenvalue weighted by atomic mass is 10.2. The molecule has 0 unspecified atom stereocenters. The first kappa shape index (κ1) is 13.9. The van der Waals surface area contributed by atoms with Crippen molar-refractivity contribution in [2.75, 3.05) is 5.32 Å². The van der Waals surface area contributed by atoms with E-state index in [0.29, 0.717) is 5.00 Å². The second-order valence-electron chi connectivity index (χ2n) is 3.52. The highest BCUT2D eigenvalue weighted by molar-refractivity contribution is 7.18. The molecule has 0 radical (unpaired) electrons. The molecule has 0 atom stereocenters. The van der Waals surface area contributed by atoms with Crippen LogP contribution in [0.15, 0.2) is 30.3 Å². The highest BCUT2D eigenvalue weighted by Crippen LogP contribution is 2.27. The molecule has 0 saturated carbocycles. The summed E-state index contributed by atoms with van der Waals surface area (Å²) >= 11 is 12.7. The summed E-state index contributed by atoms with van der Waals surface area (Å²) in [6.45, 7) is 0. The third kappa shape index (κ3) is 3.07. The molecule has 0 fully saturated rings. The number of carbonyl (C=O) groups excluding carboxylic acids is 1. The fourth-order valence-corrected chi connectivity index (χ4v) is 2.50. The molecule has 4 nitrogen and oxygen atoms in total. The molecule has 1 amide bonds. The Morgan fingerprint density at radius 1 is 1.16 bits per heavy atom. The Bertz CT molecular complexity index is 654. The van der Waals surface area contributed by atoms with Crippen LogP contribution in [0, 0.1) is 0 Å². The van der Waals surface area contributed by atoms with E-state index in [0.717, 1.165) is 11.3 Å². The van der Waals surface area contributed by atoms with Gasteiger partial charge in [-0.05, 0) is 24.3 Å². The maximum Gasteiger partial charge on any atom is 0.345 e. The van der Waals surface area contributed by atoms with Crippen molar-refractivity contribution in [3.8, 4) is 0 Å². The fraction of sp³-hybridized carbons (Fsp3) is 0. The van der Waals surface area contributed by atoms with Crippen molar-refractivity contribution in [2.24, 2.45) is 0 Å². The molecule has 2 aromatic rings. The molecule has 0 bridgehead atoms. The number of carboxylic acids is 1. The summed E-state index contributed by atoms with van der Waals surface area (Å²) in [6.07, 6.45) is 0. The van der Waals surface area contributed by atoms with Gasteiger partial charge in [0, 0.05) is 0 Å². The van der Waals surface area contributed by atoms with E-state index < -0.39 is 11.9 Å². The minimum atomic E-state index is -1.04. The van der Waals surface area contributed by atoms with Crippen LogP contribution >= 0.6 is 34.5 Å². The summed E-state index contributed by atoms with van der Waals surface area (Å²) in [4.78, 5) is 22.8. The zero-order chi connectivity index (χ0) is 14.0. The molecule has 98 valence electrons. The highest BCUT2D eigenvalue weighted by atomic mass is 35.5. The predicted octanol–water partition coefficient (Wildman–Crippen LogP) is 4.01. The monoisotopic (exact) mass is 315 g/mol. The van der Waals surface area contributed by atoms with E-state index in [4.69, 9.17) is 28.3 Å². The molecule has 1 aromatic carbocycles. The van der Waals surface area contributed by atoms with Crippen LogP contribution < -0.4 is 5.32 Å². The first-order chi connectivity index (χ1) is 8.99. The number of anilines is 1. The average Bonchev–Trinajstić information content (AvgIpc) is 2.81. The van der Waals surface area contributed by atoms with Crippen molar-refractivity contribution in [1.82, 2.24) is 0 Å². The van der Waals surface area contributed by atoms with Gasteiger partial charge in [-0.15, -0.1) is 11.3 Å². The largest absolute Gasteiger partial charge is 0.477 e. The molecule has 7 heteroatoms. The summed E-state index contributed by atoms with van der Waals surface area (Å²) in [6, 6.07) is 7.66. The van der Waals surface area contributed by atoms with E-state index in [1.807, 2.05) is 0 Å². The van der Waals surface area contributed by atoms with Gasteiger partial charge in [-0.2, -0.15) is 0 Å². The third-order valence-corrected chi connectivity index (χ3v) is 4.06. The highest BCUT2D eigenvalue weighted by Gasteiger charge is 2.14. The molecule has 19 heavy (non-hydrogen) atoms. The maximum absolute atomic E-state index is 12.0. The first-order valence-corrected chi connectivity index (χ1v) is 6.65. The van der Waals surface area contributed by atoms with E-state index in [1.54, 1.807) is 12.1 Å². The molecule has 0 aliphatic heterocycles. The van der Waals surface area contributed by atoms with Crippen LogP contribution in [-0.2, 0) is 0 Å². The lowest BCUT2D eigenvalue weighted by Crippen LogP contribution is -2.11. The minimum absolute atomic E-state index is 0.146. The van der Waals surface area contributed by atoms with Crippen molar-refractivity contribution in [2.45, 2.75) is 0 Å². The number of aromatic carboxylic acids is 1. The molecular weight excluding hydrogens is 309 g/mol. The number of thiophene rings is 1. The molecule has 0 aliphatic rings. The number of halogens is 2. The number of carbonyl (C=O) groups is 2. The van der Waals surface area contributed by atoms with E-state index in [2.05, 4.69) is 5.32 Å². The molecule has 0 aliphatic carbocycles. The number of hydrogen-bond donors (Lipinski definition) is 2. The third-order valence-electron chi connectivity index (χ3n) is 2.25. The summed E-state index contributed by atoms with van der Waals surface area (Å²) in [7, 11) is 0. The van der Waals surface area contributed by atoms with Crippen LogP contribution in [-0.4, -0.2) is 17.0 Å². The Morgan fingerprint density at radius 3 is 2.53 bits per heavy atom. The SMILES string of the molecule is O=C(O)c1ccc(NC(=O)c2cccc(Cl)c2Cl)s1. The van der Waals surface area contributed by atoms with Gasteiger partial charge in [-0.3, -0.25) is 4.79 Å². The number of hydrogen-bond acceptors (Lipinski definition) is 3. The summed E-state index contributed by atoms with van der Waals surface area (Å²) in [5, 5.41) is 12.2. The number of amides is 1. The van der Waals surface area contributed by atoms with E-state index in [-0.39, 0.29) is 20.5 Å². The second kappa shape index (κ2) is 5.61. The smallest absolute Gasteiger partial charge is 0.345 e. The number of carboxylic acid groups (broad SMARTS) is 1.